The Morgan fingerprint density at radius 2 is 1.21 bits per heavy atom. The van der Waals surface area contributed by atoms with Crippen molar-refractivity contribution in [1.29, 1.82) is 0 Å². The van der Waals surface area contributed by atoms with Crippen LogP contribution in [0.25, 0.3) is 0 Å². The monoisotopic (exact) mass is 408 g/mol. The van der Waals surface area contributed by atoms with Crippen LogP contribution in [-0.2, 0) is 16.7 Å². The van der Waals surface area contributed by atoms with E-state index in [9.17, 15) is 0 Å². The Morgan fingerprint density at radius 3 is 1.54 bits per heavy atom. The summed E-state index contributed by atoms with van der Waals surface area (Å²) in [4.78, 5) is 0. The number of rotatable bonds is 6. The molecule has 0 atom stereocenters. The fourth-order valence-electron chi connectivity index (χ4n) is 1.40. The average molecular weight is 409 g/mol. The number of aliphatic hydroxyl groups is 3. The van der Waals surface area contributed by atoms with Gasteiger partial charge in [-0.3, -0.25) is 0 Å². The minimum Gasteiger partial charge on any atom is -1.00 e. The molecule has 0 aliphatic heterocycles. The quantitative estimate of drug-likeness (QED) is 0.353. The molecule has 2 aromatic rings. The van der Waals surface area contributed by atoms with E-state index in [1.165, 1.54) is 5.56 Å². The third kappa shape index (κ3) is 16.6. The Balaban J connectivity index is -0.000000308. The maximum Gasteiger partial charge on any atom is 1.00 e. The van der Waals surface area contributed by atoms with Crippen LogP contribution in [0.15, 0.2) is 60.7 Å². The van der Waals surface area contributed by atoms with Crippen molar-refractivity contribution in [2.24, 2.45) is 0 Å². The van der Waals surface area contributed by atoms with Gasteiger partial charge in [-0.2, -0.15) is 0 Å². The van der Waals surface area contributed by atoms with E-state index in [1.54, 1.807) is 0 Å². The van der Waals surface area contributed by atoms with Gasteiger partial charge in [-0.15, -0.1) is 0 Å². The Morgan fingerprint density at radius 1 is 0.750 bits per heavy atom. The number of hydrogen-bond donors (Lipinski definition) is 3. The van der Waals surface area contributed by atoms with Crippen LogP contribution in [0.5, 0.6) is 0 Å². The zero-order valence-electron chi connectivity index (χ0n) is 15.1. The van der Waals surface area contributed by atoms with Gasteiger partial charge in [-0.05, 0) is 11.1 Å². The summed E-state index contributed by atoms with van der Waals surface area (Å²) < 4.78 is 5.12. The number of hydrogen-bond acceptors (Lipinski definition) is 4. The second-order valence-corrected chi connectivity index (χ2v) is 4.89. The van der Waals surface area contributed by atoms with Crippen molar-refractivity contribution in [2.45, 2.75) is 11.9 Å². The van der Waals surface area contributed by atoms with Crippen LogP contribution in [0.4, 0.5) is 0 Å². The molecule has 0 spiro atoms. The summed E-state index contributed by atoms with van der Waals surface area (Å²) in [5.74, 6) is 0. The second kappa shape index (κ2) is 20.8. The van der Waals surface area contributed by atoms with E-state index in [-0.39, 0.29) is 50.8 Å². The Hall–Kier alpha value is -0.240. The Bertz CT molecular complexity index is 461. The van der Waals surface area contributed by atoms with Crippen molar-refractivity contribution in [3.05, 3.63) is 71.8 Å². The van der Waals surface area contributed by atoms with Crippen LogP contribution in [0, 0.1) is 0 Å². The fourth-order valence-corrected chi connectivity index (χ4v) is 1.77. The molecule has 0 unspecified atom stereocenters. The molecule has 3 N–H and O–H groups in total. The van der Waals surface area contributed by atoms with Gasteiger partial charge in [0.2, 0.25) is 0 Å². The zero-order valence-corrected chi connectivity index (χ0v) is 17.7. The molecule has 0 aliphatic carbocycles. The summed E-state index contributed by atoms with van der Waals surface area (Å²) in [7, 11) is 0. The van der Waals surface area contributed by atoms with Crippen LogP contribution in [0.3, 0.4) is 0 Å². The minimum absolute atomic E-state index is 0. The maximum atomic E-state index is 8.42. The molecule has 2 aromatic carbocycles. The van der Waals surface area contributed by atoms with E-state index >= 15 is 0 Å². The van der Waals surface area contributed by atoms with Gasteiger partial charge in [0.15, 0.2) is 0 Å². The molecule has 0 saturated carbocycles. The van der Waals surface area contributed by atoms with Crippen molar-refractivity contribution in [2.75, 3.05) is 26.4 Å². The smallest absolute Gasteiger partial charge is 1.00 e. The number of alkyl halides is 1. The molecular formula is C18H26BrNaO4. The van der Waals surface area contributed by atoms with Gasteiger partial charge in [0.05, 0.1) is 33.0 Å². The average Bonchev–Trinajstić information content (AvgIpc) is 2.64. The molecule has 0 aliphatic rings. The first-order chi connectivity index (χ1) is 11.3. The maximum absolute atomic E-state index is 8.42. The molecule has 0 amide bonds. The van der Waals surface area contributed by atoms with Gasteiger partial charge in [0.25, 0.3) is 0 Å². The summed E-state index contributed by atoms with van der Waals surface area (Å²) in [5.41, 5.74) is 2.47. The van der Waals surface area contributed by atoms with E-state index in [1.807, 2.05) is 48.5 Å². The standard InChI is InChI=1S/C9H12O2.C7H7Br.C2H6O2.Na.H/c10-6-7-11-8-9-4-2-1-3-5-9;8-6-7-4-2-1-3-5-7;3-1-2-4;;/h1-5,10H,6-8H2;1-5H,6H2;3-4H,1-2H2;;/q;;;+1;-1. The van der Waals surface area contributed by atoms with Crippen molar-refractivity contribution >= 4 is 15.9 Å². The molecule has 0 saturated heterocycles. The summed E-state index contributed by atoms with van der Waals surface area (Å²) >= 11 is 3.36. The largest absolute Gasteiger partial charge is 1.00 e. The fraction of sp³-hybridized carbons (Fsp3) is 0.333. The summed E-state index contributed by atoms with van der Waals surface area (Å²) in [6.07, 6.45) is 0. The normalized spacial score (nSPS) is 8.83. The van der Waals surface area contributed by atoms with Crippen LogP contribution < -0.4 is 29.6 Å². The summed E-state index contributed by atoms with van der Waals surface area (Å²) in [6.45, 7) is 0.836. The van der Waals surface area contributed by atoms with Gasteiger partial charge < -0.3 is 21.5 Å². The predicted octanol–water partition coefficient (Wildman–Crippen LogP) is -0.136. The number of halogens is 1. The molecule has 0 aromatic heterocycles. The number of benzene rings is 2. The number of aliphatic hydroxyl groups excluding tert-OH is 3. The van der Waals surface area contributed by atoms with Gasteiger partial charge >= 0.3 is 29.6 Å². The molecule has 130 valence electrons. The first-order valence-corrected chi connectivity index (χ1v) is 8.44. The van der Waals surface area contributed by atoms with Gasteiger partial charge in [-0.1, -0.05) is 76.6 Å². The van der Waals surface area contributed by atoms with Gasteiger partial charge in [0.1, 0.15) is 0 Å². The third-order valence-electron chi connectivity index (χ3n) is 2.44. The van der Waals surface area contributed by atoms with Crippen LogP contribution in [-0.4, -0.2) is 41.7 Å². The van der Waals surface area contributed by atoms with Crippen molar-refractivity contribution in [1.82, 2.24) is 0 Å². The van der Waals surface area contributed by atoms with Crippen molar-refractivity contribution in [3.63, 3.8) is 0 Å². The SMILES string of the molecule is BrCc1ccccc1.OCCO.OCCOCc1ccccc1.[H-].[Na+]. The van der Waals surface area contributed by atoms with Crippen molar-refractivity contribution < 1.29 is 51.0 Å². The van der Waals surface area contributed by atoms with Crippen LogP contribution in [0.1, 0.15) is 12.6 Å². The number of ether oxygens (including phenoxy) is 1. The summed E-state index contributed by atoms with van der Waals surface area (Å²) in [5, 5.41) is 24.6. The molecular weight excluding hydrogens is 383 g/mol. The Labute approximate surface area is 176 Å². The molecule has 6 heteroatoms. The molecule has 0 fully saturated rings. The first-order valence-electron chi connectivity index (χ1n) is 7.32. The Kier molecular flexibility index (Phi) is 22.5. The third-order valence-corrected chi connectivity index (χ3v) is 3.09. The topological polar surface area (TPSA) is 69.9 Å². The summed E-state index contributed by atoms with van der Waals surface area (Å²) in [6, 6.07) is 20.2. The van der Waals surface area contributed by atoms with E-state index in [4.69, 9.17) is 20.1 Å². The van der Waals surface area contributed by atoms with Gasteiger partial charge in [0, 0.05) is 5.33 Å². The van der Waals surface area contributed by atoms with Crippen molar-refractivity contribution in [3.8, 4) is 0 Å². The van der Waals surface area contributed by atoms with E-state index in [2.05, 4.69) is 28.1 Å². The minimum atomic E-state index is -0.125. The molecule has 0 bridgehead atoms. The molecule has 0 radical (unpaired) electrons. The predicted molar refractivity (Wildman–Crippen MR) is 97.5 cm³/mol. The van der Waals surface area contributed by atoms with Gasteiger partial charge in [-0.25, -0.2) is 0 Å². The van der Waals surface area contributed by atoms with E-state index < -0.39 is 0 Å². The molecule has 24 heavy (non-hydrogen) atoms. The van der Waals surface area contributed by atoms with Crippen LogP contribution >= 0.6 is 15.9 Å². The molecule has 2 rings (SSSR count). The van der Waals surface area contributed by atoms with E-state index in [0.29, 0.717) is 13.2 Å². The molecule has 0 heterocycles. The zero-order chi connectivity index (χ0) is 17.2. The van der Waals surface area contributed by atoms with Crippen LogP contribution in [0.2, 0.25) is 0 Å². The second-order valence-electron chi connectivity index (χ2n) is 4.33. The first kappa shape index (κ1) is 26.0. The van der Waals surface area contributed by atoms with E-state index in [0.717, 1.165) is 10.9 Å². The molecule has 4 nitrogen and oxygen atoms in total.